The fourth-order valence-corrected chi connectivity index (χ4v) is 8.74. The zero-order valence-corrected chi connectivity index (χ0v) is 42.4. The maximum atomic E-state index is 13.0. The molecule has 2 fully saturated rings. The van der Waals surface area contributed by atoms with Crippen molar-refractivity contribution in [3.8, 4) is 0 Å². The molecule has 0 radical (unpaired) electrons. The van der Waals surface area contributed by atoms with Gasteiger partial charge in [0.2, 0.25) is 0 Å². The van der Waals surface area contributed by atoms with Crippen molar-refractivity contribution in [2.24, 2.45) is 0 Å². The van der Waals surface area contributed by atoms with Crippen molar-refractivity contribution in [2.45, 2.75) is 287 Å². The van der Waals surface area contributed by atoms with Gasteiger partial charge in [0, 0.05) is 12.8 Å². The largest absolute Gasteiger partial charge is 0.462 e. The molecule has 2 heterocycles. The van der Waals surface area contributed by atoms with Crippen LogP contribution in [0.4, 0.5) is 0 Å². The fourth-order valence-electron chi connectivity index (χ4n) is 8.74. The Balaban J connectivity index is 1.78. The summed E-state index contributed by atoms with van der Waals surface area (Å²) in [5.41, 5.74) is 0. The minimum Gasteiger partial charge on any atom is -0.462 e. The molecule has 0 aromatic heterocycles. The third-order valence-corrected chi connectivity index (χ3v) is 13.2. The quantitative estimate of drug-likeness (QED) is 0.0174. The predicted octanol–water partition coefficient (Wildman–Crippen LogP) is 8.16. The van der Waals surface area contributed by atoms with E-state index in [1.165, 1.54) is 135 Å². The fraction of sp³-hybridized carbons (Fsp3) is 0.925. The highest BCUT2D eigenvalue weighted by Gasteiger charge is 2.47. The molecule has 2 aliphatic rings. The third-order valence-electron chi connectivity index (χ3n) is 13.2. The average molecular weight is 975 g/mol. The summed E-state index contributed by atoms with van der Waals surface area (Å²) in [6, 6.07) is 0. The van der Waals surface area contributed by atoms with Gasteiger partial charge in [-0.2, -0.15) is 0 Å². The summed E-state index contributed by atoms with van der Waals surface area (Å²) in [6.45, 7) is 2.61. The topological polar surface area (TPSA) is 231 Å². The predicted molar refractivity (Wildman–Crippen MR) is 261 cm³/mol. The molecule has 2 saturated heterocycles. The van der Waals surface area contributed by atoms with E-state index >= 15 is 0 Å². The summed E-state index contributed by atoms with van der Waals surface area (Å²) in [6.07, 6.45) is 23.7. The summed E-state index contributed by atoms with van der Waals surface area (Å²) in [7, 11) is 0. The van der Waals surface area contributed by atoms with E-state index in [9.17, 15) is 45.3 Å². The first-order valence-corrected chi connectivity index (χ1v) is 27.3. The molecule has 2 rings (SSSR count). The minimum absolute atomic E-state index is 0.170. The highest BCUT2D eigenvalue weighted by molar-refractivity contribution is 5.70. The first-order valence-electron chi connectivity index (χ1n) is 27.3. The number of unbranched alkanes of at least 4 members (excludes halogenated alkanes) is 27. The lowest BCUT2D eigenvalue weighted by Gasteiger charge is -2.42. The molecule has 400 valence electrons. The Bertz CT molecular complexity index is 1240. The second kappa shape index (κ2) is 40.8. The lowest BCUT2D eigenvalue weighted by molar-refractivity contribution is -0.332. The van der Waals surface area contributed by atoms with Crippen LogP contribution >= 0.6 is 0 Å². The SMILES string of the molecule is CCCCCCCC/C=C/CCCCCCCCCC(=O)OC[C@@H](CO[C@@H]1O[C@H](CO[C@@H]2O[C@H](CO)[C@H](O)C(O)C2O)[C@H](O)C(O)C1O)OC(=O)CCCCCCCCCCCCCCCCC. The summed E-state index contributed by atoms with van der Waals surface area (Å²) in [5.74, 6) is -0.918. The van der Waals surface area contributed by atoms with Crippen LogP contribution in [0, 0.1) is 0 Å². The standard InChI is InChI=1S/C53H98O15/c1-3-5-7-9-11-13-15-17-19-20-22-23-25-27-29-31-33-35-44(55)63-38-41(66-45(56)36-34-32-30-28-26-24-21-18-16-14-12-10-8-6-4-2)39-64-52-51(62)49(60)47(58)43(68-52)40-65-53-50(61)48(59)46(57)42(37-54)67-53/h17,19,41-43,46-54,57-62H,3-16,18,20-40H2,1-2H3/b19-17+/t41-,42+,43+,46-,47-,48?,49?,50?,51?,52+,53+/m0/s1. The van der Waals surface area contributed by atoms with Gasteiger partial charge < -0.3 is 64.2 Å². The van der Waals surface area contributed by atoms with Crippen LogP contribution in [0.25, 0.3) is 0 Å². The first-order chi connectivity index (χ1) is 33.0. The van der Waals surface area contributed by atoms with Crippen molar-refractivity contribution in [3.05, 3.63) is 12.2 Å². The van der Waals surface area contributed by atoms with Crippen LogP contribution < -0.4 is 0 Å². The van der Waals surface area contributed by atoms with Gasteiger partial charge in [-0.25, -0.2) is 0 Å². The van der Waals surface area contributed by atoms with Crippen molar-refractivity contribution < 1.29 is 73.8 Å². The summed E-state index contributed by atoms with van der Waals surface area (Å²) in [5, 5.41) is 72.1. The maximum absolute atomic E-state index is 13.0. The number of hydrogen-bond acceptors (Lipinski definition) is 15. The monoisotopic (exact) mass is 975 g/mol. The summed E-state index contributed by atoms with van der Waals surface area (Å²) < 4.78 is 33.6. The summed E-state index contributed by atoms with van der Waals surface area (Å²) in [4.78, 5) is 25.8. The van der Waals surface area contributed by atoms with Gasteiger partial charge in [0.05, 0.1) is 19.8 Å². The molecule has 2 aliphatic heterocycles. The van der Waals surface area contributed by atoms with Gasteiger partial charge in [-0.3, -0.25) is 9.59 Å². The van der Waals surface area contributed by atoms with Gasteiger partial charge in [0.15, 0.2) is 18.7 Å². The lowest BCUT2D eigenvalue weighted by Crippen LogP contribution is -2.61. The van der Waals surface area contributed by atoms with E-state index in [4.69, 9.17) is 28.4 Å². The van der Waals surface area contributed by atoms with Crippen LogP contribution in [-0.4, -0.2) is 142 Å². The molecular formula is C53H98O15. The van der Waals surface area contributed by atoms with Crippen LogP contribution in [0.1, 0.15) is 219 Å². The Kier molecular flexibility index (Phi) is 37.4. The molecule has 4 unspecified atom stereocenters. The van der Waals surface area contributed by atoms with E-state index in [0.717, 1.165) is 44.9 Å². The molecule has 0 aliphatic carbocycles. The number of aliphatic hydroxyl groups excluding tert-OH is 7. The zero-order valence-electron chi connectivity index (χ0n) is 42.4. The second-order valence-electron chi connectivity index (χ2n) is 19.4. The van der Waals surface area contributed by atoms with Crippen LogP contribution in [0.15, 0.2) is 12.2 Å². The molecule has 68 heavy (non-hydrogen) atoms. The lowest BCUT2D eigenvalue weighted by atomic mass is 9.98. The van der Waals surface area contributed by atoms with E-state index in [-0.39, 0.29) is 26.1 Å². The van der Waals surface area contributed by atoms with Gasteiger partial charge >= 0.3 is 11.9 Å². The van der Waals surface area contributed by atoms with Crippen molar-refractivity contribution in [1.29, 1.82) is 0 Å². The second-order valence-corrected chi connectivity index (χ2v) is 19.4. The number of carbonyl (C=O) groups is 2. The number of carbonyl (C=O) groups excluding carboxylic acids is 2. The van der Waals surface area contributed by atoms with Crippen LogP contribution in [0.5, 0.6) is 0 Å². The average Bonchev–Trinajstić information content (AvgIpc) is 3.33. The molecule has 0 aromatic rings. The van der Waals surface area contributed by atoms with Gasteiger partial charge in [-0.05, 0) is 38.5 Å². The van der Waals surface area contributed by atoms with E-state index in [2.05, 4.69) is 26.0 Å². The van der Waals surface area contributed by atoms with Gasteiger partial charge in [-0.15, -0.1) is 0 Å². The molecule has 0 amide bonds. The van der Waals surface area contributed by atoms with Gasteiger partial charge in [0.25, 0.3) is 0 Å². The van der Waals surface area contributed by atoms with Gasteiger partial charge in [-0.1, -0.05) is 180 Å². The Morgan fingerprint density at radius 1 is 0.456 bits per heavy atom. The summed E-state index contributed by atoms with van der Waals surface area (Å²) >= 11 is 0. The van der Waals surface area contributed by atoms with Gasteiger partial charge in [0.1, 0.15) is 55.4 Å². The Labute approximate surface area is 410 Å². The molecule has 0 spiro atoms. The molecule has 0 aromatic carbocycles. The maximum Gasteiger partial charge on any atom is 0.306 e. The highest BCUT2D eigenvalue weighted by atomic mass is 16.7. The van der Waals surface area contributed by atoms with E-state index in [1.807, 2.05) is 0 Å². The molecule has 15 nitrogen and oxygen atoms in total. The Morgan fingerprint density at radius 2 is 0.838 bits per heavy atom. The number of ether oxygens (including phenoxy) is 6. The molecule has 7 N–H and O–H groups in total. The number of hydrogen-bond donors (Lipinski definition) is 7. The third kappa shape index (κ3) is 28.3. The number of aliphatic hydroxyl groups is 7. The smallest absolute Gasteiger partial charge is 0.306 e. The number of allylic oxidation sites excluding steroid dienone is 2. The normalized spacial score (nSPS) is 25.8. The van der Waals surface area contributed by atoms with Crippen LogP contribution in [0.3, 0.4) is 0 Å². The van der Waals surface area contributed by atoms with E-state index in [1.54, 1.807) is 0 Å². The molecule has 15 heteroatoms. The van der Waals surface area contributed by atoms with Crippen molar-refractivity contribution in [1.82, 2.24) is 0 Å². The molecule has 0 bridgehead atoms. The molecular weight excluding hydrogens is 877 g/mol. The highest BCUT2D eigenvalue weighted by Crippen LogP contribution is 2.27. The Morgan fingerprint density at radius 3 is 1.29 bits per heavy atom. The minimum atomic E-state index is -1.76. The van der Waals surface area contributed by atoms with Crippen molar-refractivity contribution in [3.63, 3.8) is 0 Å². The van der Waals surface area contributed by atoms with Crippen LogP contribution in [0.2, 0.25) is 0 Å². The van der Waals surface area contributed by atoms with Crippen molar-refractivity contribution >= 4 is 11.9 Å². The molecule has 0 saturated carbocycles. The van der Waals surface area contributed by atoms with E-state index in [0.29, 0.717) is 12.8 Å². The number of rotatable bonds is 43. The van der Waals surface area contributed by atoms with Crippen molar-refractivity contribution in [2.75, 3.05) is 26.4 Å². The Hall–Kier alpha value is -1.76. The molecule has 11 atom stereocenters. The van der Waals surface area contributed by atoms with E-state index < -0.39 is 92.7 Å². The zero-order chi connectivity index (χ0) is 49.6. The van der Waals surface area contributed by atoms with Crippen LogP contribution in [-0.2, 0) is 38.0 Å². The first kappa shape index (κ1) is 62.4. The number of esters is 2.